The van der Waals surface area contributed by atoms with Gasteiger partial charge in [0.2, 0.25) is 0 Å². The third-order valence-corrected chi connectivity index (χ3v) is 4.17. The number of ether oxygens (including phenoxy) is 1. The van der Waals surface area contributed by atoms with E-state index in [0.29, 0.717) is 18.8 Å². The summed E-state index contributed by atoms with van der Waals surface area (Å²) in [4.78, 5) is 0. The quantitative estimate of drug-likeness (QED) is 0.770. The Kier molecular flexibility index (Phi) is 4.22. The Hall–Kier alpha value is -0.120. The molecule has 0 radical (unpaired) electrons. The highest BCUT2D eigenvalue weighted by Gasteiger charge is 2.33. The third-order valence-electron chi connectivity index (χ3n) is 4.17. The SMILES string of the molecule is CNC1CCCCC1OCC1(O)CCCC1. The van der Waals surface area contributed by atoms with Crippen LogP contribution >= 0.6 is 0 Å². The average Bonchev–Trinajstić information content (AvgIpc) is 2.74. The molecule has 0 aromatic rings. The number of hydrogen-bond donors (Lipinski definition) is 2. The second-order valence-corrected chi connectivity index (χ2v) is 5.46. The van der Waals surface area contributed by atoms with E-state index in [1.807, 2.05) is 7.05 Å². The molecule has 2 unspecified atom stereocenters. The van der Waals surface area contributed by atoms with Gasteiger partial charge in [0.05, 0.1) is 18.3 Å². The van der Waals surface area contributed by atoms with Gasteiger partial charge in [-0.25, -0.2) is 0 Å². The lowest BCUT2D eigenvalue weighted by Gasteiger charge is -2.33. The number of nitrogens with one attached hydrogen (secondary N) is 1. The van der Waals surface area contributed by atoms with Crippen molar-refractivity contribution in [1.82, 2.24) is 5.32 Å². The van der Waals surface area contributed by atoms with E-state index in [0.717, 1.165) is 32.1 Å². The van der Waals surface area contributed by atoms with Gasteiger partial charge in [0.1, 0.15) is 0 Å². The van der Waals surface area contributed by atoms with Crippen molar-refractivity contribution < 1.29 is 9.84 Å². The summed E-state index contributed by atoms with van der Waals surface area (Å²) in [5.74, 6) is 0. The molecule has 0 aromatic heterocycles. The van der Waals surface area contributed by atoms with Crippen LogP contribution in [-0.4, -0.2) is 36.5 Å². The van der Waals surface area contributed by atoms with Crippen LogP contribution in [0.1, 0.15) is 51.4 Å². The maximum Gasteiger partial charge on any atom is 0.0880 e. The van der Waals surface area contributed by atoms with Crippen LogP contribution in [0.2, 0.25) is 0 Å². The zero-order chi connectivity index (χ0) is 11.4. The molecule has 0 amide bonds. The summed E-state index contributed by atoms with van der Waals surface area (Å²) >= 11 is 0. The Balaban J connectivity index is 1.79. The van der Waals surface area contributed by atoms with E-state index in [9.17, 15) is 5.11 Å². The minimum atomic E-state index is -0.518. The molecule has 0 bridgehead atoms. The Bertz CT molecular complexity index is 214. The Morgan fingerprint density at radius 3 is 2.56 bits per heavy atom. The molecule has 2 rings (SSSR count). The number of aliphatic hydroxyl groups is 1. The minimum absolute atomic E-state index is 0.309. The lowest BCUT2D eigenvalue weighted by atomic mass is 9.92. The van der Waals surface area contributed by atoms with Gasteiger partial charge < -0.3 is 15.2 Å². The molecule has 0 saturated heterocycles. The largest absolute Gasteiger partial charge is 0.387 e. The summed E-state index contributed by atoms with van der Waals surface area (Å²) in [6.07, 6.45) is 9.37. The van der Waals surface area contributed by atoms with Gasteiger partial charge in [0, 0.05) is 6.04 Å². The van der Waals surface area contributed by atoms with Gasteiger partial charge >= 0.3 is 0 Å². The maximum atomic E-state index is 10.2. The summed E-state index contributed by atoms with van der Waals surface area (Å²) in [6, 6.07) is 0.485. The fourth-order valence-corrected chi connectivity index (χ4v) is 3.07. The third kappa shape index (κ3) is 2.96. The molecule has 0 spiro atoms. The molecule has 0 heterocycles. The van der Waals surface area contributed by atoms with E-state index in [-0.39, 0.29) is 0 Å². The van der Waals surface area contributed by atoms with Crippen molar-refractivity contribution in [3.05, 3.63) is 0 Å². The van der Waals surface area contributed by atoms with Crippen LogP contribution in [0.15, 0.2) is 0 Å². The number of likely N-dealkylation sites (N-methyl/N-ethyl adjacent to an activating group) is 1. The van der Waals surface area contributed by atoms with Crippen LogP contribution in [0.3, 0.4) is 0 Å². The molecule has 2 saturated carbocycles. The first-order valence-electron chi connectivity index (χ1n) is 6.75. The van der Waals surface area contributed by atoms with Crippen molar-refractivity contribution in [2.75, 3.05) is 13.7 Å². The van der Waals surface area contributed by atoms with Gasteiger partial charge in [-0.15, -0.1) is 0 Å². The van der Waals surface area contributed by atoms with Crippen molar-refractivity contribution in [2.45, 2.75) is 69.1 Å². The monoisotopic (exact) mass is 227 g/mol. The first-order chi connectivity index (χ1) is 7.73. The lowest BCUT2D eigenvalue weighted by molar-refractivity contribution is -0.0850. The van der Waals surface area contributed by atoms with Crippen molar-refractivity contribution in [2.24, 2.45) is 0 Å². The molecule has 16 heavy (non-hydrogen) atoms. The molecular weight excluding hydrogens is 202 g/mol. The normalized spacial score (nSPS) is 34.1. The van der Waals surface area contributed by atoms with Crippen molar-refractivity contribution in [3.8, 4) is 0 Å². The molecule has 0 aliphatic heterocycles. The predicted octanol–water partition coefficient (Wildman–Crippen LogP) is 1.84. The van der Waals surface area contributed by atoms with Crippen LogP contribution in [-0.2, 0) is 4.74 Å². The minimum Gasteiger partial charge on any atom is -0.387 e. The average molecular weight is 227 g/mol. The molecule has 2 aliphatic rings. The first-order valence-corrected chi connectivity index (χ1v) is 6.75. The molecule has 94 valence electrons. The second-order valence-electron chi connectivity index (χ2n) is 5.46. The highest BCUT2D eigenvalue weighted by atomic mass is 16.5. The van der Waals surface area contributed by atoms with E-state index < -0.39 is 5.60 Å². The van der Waals surface area contributed by atoms with E-state index in [1.54, 1.807) is 0 Å². The van der Waals surface area contributed by atoms with Gasteiger partial charge in [-0.05, 0) is 32.7 Å². The summed E-state index contributed by atoms with van der Waals surface area (Å²) in [7, 11) is 2.01. The molecule has 2 aliphatic carbocycles. The van der Waals surface area contributed by atoms with E-state index in [4.69, 9.17) is 4.74 Å². The van der Waals surface area contributed by atoms with Crippen molar-refractivity contribution in [3.63, 3.8) is 0 Å². The van der Waals surface area contributed by atoms with Crippen molar-refractivity contribution in [1.29, 1.82) is 0 Å². The number of hydrogen-bond acceptors (Lipinski definition) is 3. The van der Waals surface area contributed by atoms with Crippen LogP contribution in [0, 0.1) is 0 Å². The molecule has 2 fully saturated rings. The highest BCUT2D eigenvalue weighted by Crippen LogP contribution is 2.31. The summed E-state index contributed by atoms with van der Waals surface area (Å²) in [6.45, 7) is 0.538. The zero-order valence-electron chi connectivity index (χ0n) is 10.4. The van der Waals surface area contributed by atoms with Gasteiger partial charge in [-0.1, -0.05) is 25.7 Å². The van der Waals surface area contributed by atoms with Gasteiger partial charge in [-0.2, -0.15) is 0 Å². The Morgan fingerprint density at radius 1 is 1.19 bits per heavy atom. The van der Waals surface area contributed by atoms with Gasteiger partial charge in [0.25, 0.3) is 0 Å². The zero-order valence-corrected chi connectivity index (χ0v) is 10.4. The van der Waals surface area contributed by atoms with E-state index in [1.165, 1.54) is 19.3 Å². The fourth-order valence-electron chi connectivity index (χ4n) is 3.07. The maximum absolute atomic E-state index is 10.2. The van der Waals surface area contributed by atoms with Crippen LogP contribution < -0.4 is 5.32 Å². The highest BCUT2D eigenvalue weighted by molar-refractivity contribution is 4.86. The fraction of sp³-hybridized carbons (Fsp3) is 1.00. The standard InChI is InChI=1S/C13H25NO2/c1-14-11-6-2-3-7-12(11)16-10-13(15)8-4-5-9-13/h11-12,14-15H,2-10H2,1H3. The summed E-state index contributed by atoms with van der Waals surface area (Å²) < 4.78 is 5.96. The smallest absolute Gasteiger partial charge is 0.0880 e. The van der Waals surface area contributed by atoms with Gasteiger partial charge in [0.15, 0.2) is 0 Å². The molecular formula is C13H25NO2. The first kappa shape index (κ1) is 12.3. The van der Waals surface area contributed by atoms with E-state index in [2.05, 4.69) is 5.32 Å². The van der Waals surface area contributed by atoms with Crippen LogP contribution in [0.25, 0.3) is 0 Å². The topological polar surface area (TPSA) is 41.5 Å². The summed E-state index contributed by atoms with van der Waals surface area (Å²) in [5.41, 5.74) is -0.518. The van der Waals surface area contributed by atoms with Crippen LogP contribution in [0.5, 0.6) is 0 Å². The molecule has 3 heteroatoms. The van der Waals surface area contributed by atoms with E-state index >= 15 is 0 Å². The Labute approximate surface area is 98.6 Å². The molecule has 3 nitrogen and oxygen atoms in total. The molecule has 2 N–H and O–H groups in total. The number of rotatable bonds is 4. The van der Waals surface area contributed by atoms with Crippen LogP contribution in [0.4, 0.5) is 0 Å². The van der Waals surface area contributed by atoms with Gasteiger partial charge in [-0.3, -0.25) is 0 Å². The summed E-state index contributed by atoms with van der Waals surface area (Å²) in [5, 5.41) is 13.6. The Morgan fingerprint density at radius 2 is 1.88 bits per heavy atom. The van der Waals surface area contributed by atoms with Crippen molar-refractivity contribution >= 4 is 0 Å². The molecule has 2 atom stereocenters. The molecule has 0 aromatic carbocycles. The predicted molar refractivity (Wildman–Crippen MR) is 64.5 cm³/mol. The second kappa shape index (κ2) is 5.48. The lowest BCUT2D eigenvalue weighted by Crippen LogP contribution is -2.44.